The lowest BCUT2D eigenvalue weighted by atomic mass is 9.81. The number of hydrogen-bond donors (Lipinski definition) is 2. The first-order valence-electron chi connectivity index (χ1n) is 9.65. The van der Waals surface area contributed by atoms with Gasteiger partial charge in [0.25, 0.3) is 0 Å². The molecule has 142 valence electrons. The van der Waals surface area contributed by atoms with Crippen molar-refractivity contribution in [1.82, 2.24) is 5.32 Å². The predicted molar refractivity (Wildman–Crippen MR) is 113 cm³/mol. The Bertz CT molecular complexity index is 832. The van der Waals surface area contributed by atoms with Crippen LogP contribution in [0.15, 0.2) is 47.5 Å². The number of piperidine rings is 1. The summed E-state index contributed by atoms with van der Waals surface area (Å²) in [5, 5.41) is 15.8. The zero-order chi connectivity index (χ0) is 18.8. The van der Waals surface area contributed by atoms with Crippen molar-refractivity contribution in [3.63, 3.8) is 0 Å². The molecule has 3 atom stereocenters. The Morgan fingerprint density at radius 3 is 2.70 bits per heavy atom. The molecule has 0 aromatic heterocycles. The minimum absolute atomic E-state index is 0.0624. The van der Waals surface area contributed by atoms with Gasteiger partial charge >= 0.3 is 0 Å². The van der Waals surface area contributed by atoms with E-state index in [9.17, 15) is 5.11 Å². The minimum atomic E-state index is -0.469. The first-order valence-corrected chi connectivity index (χ1v) is 10.4. The number of nitrogens with zero attached hydrogens (tertiary/aromatic N) is 1. The highest BCUT2D eigenvalue weighted by molar-refractivity contribution is 6.36. The van der Waals surface area contributed by atoms with Crippen molar-refractivity contribution < 1.29 is 5.11 Å². The van der Waals surface area contributed by atoms with Crippen molar-refractivity contribution >= 4 is 34.6 Å². The molecular weight excluding hydrogens is 379 g/mol. The van der Waals surface area contributed by atoms with Gasteiger partial charge in [0.15, 0.2) is 0 Å². The maximum absolute atomic E-state index is 11.1. The van der Waals surface area contributed by atoms with Crippen molar-refractivity contribution in [2.24, 2.45) is 4.99 Å². The molecule has 27 heavy (non-hydrogen) atoms. The summed E-state index contributed by atoms with van der Waals surface area (Å²) in [6, 6.07) is 14.1. The van der Waals surface area contributed by atoms with Gasteiger partial charge in [-0.05, 0) is 55.5 Å². The Kier molecular flexibility index (Phi) is 5.84. The third-order valence-corrected chi connectivity index (χ3v) is 6.13. The largest absolute Gasteiger partial charge is 0.392 e. The van der Waals surface area contributed by atoms with E-state index in [0.29, 0.717) is 22.5 Å². The van der Waals surface area contributed by atoms with Crippen molar-refractivity contribution in [3.05, 3.63) is 63.6 Å². The zero-order valence-corrected chi connectivity index (χ0v) is 16.7. The Hall–Kier alpha value is -1.39. The van der Waals surface area contributed by atoms with Crippen LogP contribution < -0.4 is 5.32 Å². The molecule has 0 spiro atoms. The number of aliphatic hydroxyl groups excluding tert-OH is 1. The first-order chi connectivity index (χ1) is 13.1. The standard InChI is InChI=1S/C22H24Cl2N2O/c23-15-10-18-17(21(27)12-16-8-4-5-9-25-16)13-20(14-6-2-1-3-7-14)26-22(18)19(24)11-15/h1-3,6-7,10-11,16-17,21,25,27H,4-5,8-9,12-13H2. The zero-order valence-electron chi connectivity index (χ0n) is 15.2. The Morgan fingerprint density at radius 1 is 1.15 bits per heavy atom. The van der Waals surface area contributed by atoms with Gasteiger partial charge in [0.05, 0.1) is 16.8 Å². The van der Waals surface area contributed by atoms with Crippen LogP contribution in [0.5, 0.6) is 0 Å². The van der Waals surface area contributed by atoms with E-state index in [1.54, 1.807) is 6.07 Å². The van der Waals surface area contributed by atoms with Gasteiger partial charge in [-0.15, -0.1) is 0 Å². The van der Waals surface area contributed by atoms with Gasteiger partial charge in [0, 0.05) is 22.7 Å². The molecular formula is C22H24Cl2N2O. The smallest absolute Gasteiger partial charge is 0.0856 e. The van der Waals surface area contributed by atoms with Gasteiger partial charge in [-0.3, -0.25) is 4.99 Å². The number of rotatable bonds is 4. The number of nitrogens with one attached hydrogen (secondary N) is 1. The van der Waals surface area contributed by atoms with Gasteiger partial charge in [-0.1, -0.05) is 60.0 Å². The molecule has 0 bridgehead atoms. The average molecular weight is 403 g/mol. The molecule has 3 unspecified atom stereocenters. The number of halogens is 2. The van der Waals surface area contributed by atoms with Crippen LogP contribution in [0.25, 0.3) is 0 Å². The van der Waals surface area contributed by atoms with Crippen molar-refractivity contribution in [2.75, 3.05) is 6.54 Å². The monoisotopic (exact) mass is 402 g/mol. The SMILES string of the molecule is OC(CC1CCCCN1)C1CC(c2ccccc2)=Nc2c(Cl)cc(Cl)cc21. The summed E-state index contributed by atoms with van der Waals surface area (Å²) in [7, 11) is 0. The molecule has 0 aliphatic carbocycles. The van der Waals surface area contributed by atoms with Crippen LogP contribution >= 0.6 is 23.2 Å². The summed E-state index contributed by atoms with van der Waals surface area (Å²) >= 11 is 12.7. The molecule has 0 amide bonds. The first kappa shape index (κ1) is 18.9. The highest BCUT2D eigenvalue weighted by atomic mass is 35.5. The van der Waals surface area contributed by atoms with Gasteiger partial charge < -0.3 is 10.4 Å². The van der Waals surface area contributed by atoms with Crippen LogP contribution in [0.3, 0.4) is 0 Å². The van der Waals surface area contributed by atoms with Gasteiger partial charge in [-0.2, -0.15) is 0 Å². The number of aliphatic imine (C=N–C) groups is 1. The van der Waals surface area contributed by atoms with Crippen molar-refractivity contribution in [3.8, 4) is 0 Å². The van der Waals surface area contributed by atoms with Crippen LogP contribution in [-0.2, 0) is 0 Å². The van der Waals surface area contributed by atoms with E-state index in [-0.39, 0.29) is 5.92 Å². The molecule has 0 saturated carbocycles. The molecule has 4 rings (SSSR count). The highest BCUT2D eigenvalue weighted by Gasteiger charge is 2.32. The lowest BCUT2D eigenvalue weighted by Crippen LogP contribution is -2.38. The van der Waals surface area contributed by atoms with E-state index in [2.05, 4.69) is 17.4 Å². The summed E-state index contributed by atoms with van der Waals surface area (Å²) in [5.41, 5.74) is 3.73. The second-order valence-electron chi connectivity index (χ2n) is 7.51. The number of hydrogen-bond acceptors (Lipinski definition) is 3. The molecule has 2 N–H and O–H groups in total. The van der Waals surface area contributed by atoms with Crippen LogP contribution in [0.1, 0.15) is 49.1 Å². The third-order valence-electron chi connectivity index (χ3n) is 5.63. The summed E-state index contributed by atoms with van der Waals surface area (Å²) in [6.45, 7) is 1.03. The summed E-state index contributed by atoms with van der Waals surface area (Å²) in [4.78, 5) is 4.84. The topological polar surface area (TPSA) is 44.6 Å². The lowest BCUT2D eigenvalue weighted by Gasteiger charge is -2.33. The quantitative estimate of drug-likeness (QED) is 0.709. The fourth-order valence-electron chi connectivity index (χ4n) is 4.22. The molecule has 5 heteroatoms. The minimum Gasteiger partial charge on any atom is -0.392 e. The van der Waals surface area contributed by atoms with Gasteiger partial charge in [0.2, 0.25) is 0 Å². The van der Waals surface area contributed by atoms with Crippen LogP contribution in [0, 0.1) is 0 Å². The molecule has 1 saturated heterocycles. The van der Waals surface area contributed by atoms with Crippen molar-refractivity contribution in [2.45, 2.75) is 50.2 Å². The second kappa shape index (κ2) is 8.32. The molecule has 2 aromatic carbocycles. The molecule has 3 nitrogen and oxygen atoms in total. The van der Waals surface area contributed by atoms with E-state index in [1.807, 2.05) is 24.3 Å². The maximum Gasteiger partial charge on any atom is 0.0856 e. The van der Waals surface area contributed by atoms with E-state index in [0.717, 1.165) is 41.9 Å². The Balaban J connectivity index is 1.68. The molecule has 1 fully saturated rings. The Labute approximate surface area is 170 Å². The van der Waals surface area contributed by atoms with Gasteiger partial charge in [-0.25, -0.2) is 0 Å². The summed E-state index contributed by atoms with van der Waals surface area (Å²) < 4.78 is 0. The molecule has 2 aliphatic heterocycles. The van der Waals surface area contributed by atoms with Crippen LogP contribution in [0.2, 0.25) is 10.0 Å². The van der Waals surface area contributed by atoms with Crippen molar-refractivity contribution in [1.29, 1.82) is 0 Å². The predicted octanol–water partition coefficient (Wildman–Crippen LogP) is 5.49. The number of aliphatic hydroxyl groups is 1. The number of benzene rings is 2. The molecule has 2 aliphatic rings. The molecule has 2 aromatic rings. The molecule has 0 radical (unpaired) electrons. The van der Waals surface area contributed by atoms with E-state index >= 15 is 0 Å². The average Bonchev–Trinajstić information content (AvgIpc) is 2.68. The normalized spacial score (nSPS) is 23.4. The fraction of sp³-hybridized carbons (Fsp3) is 0.409. The van der Waals surface area contributed by atoms with E-state index < -0.39 is 6.10 Å². The second-order valence-corrected chi connectivity index (χ2v) is 8.35. The molecule has 2 heterocycles. The van der Waals surface area contributed by atoms with E-state index in [4.69, 9.17) is 28.2 Å². The number of fused-ring (bicyclic) bond motifs is 1. The van der Waals surface area contributed by atoms with Crippen LogP contribution in [0.4, 0.5) is 5.69 Å². The Morgan fingerprint density at radius 2 is 1.96 bits per heavy atom. The highest BCUT2D eigenvalue weighted by Crippen LogP contribution is 2.44. The third kappa shape index (κ3) is 4.22. The maximum atomic E-state index is 11.1. The fourth-order valence-corrected chi connectivity index (χ4v) is 4.77. The van der Waals surface area contributed by atoms with Gasteiger partial charge in [0.1, 0.15) is 0 Å². The van der Waals surface area contributed by atoms with E-state index in [1.165, 1.54) is 12.8 Å². The summed E-state index contributed by atoms with van der Waals surface area (Å²) in [5.74, 6) is -0.0624. The van der Waals surface area contributed by atoms with Crippen LogP contribution in [-0.4, -0.2) is 29.5 Å². The lowest BCUT2D eigenvalue weighted by molar-refractivity contribution is 0.116. The summed E-state index contributed by atoms with van der Waals surface area (Å²) in [6.07, 6.45) is 4.50.